The fourth-order valence-corrected chi connectivity index (χ4v) is 7.38. The summed E-state index contributed by atoms with van der Waals surface area (Å²) < 4.78 is 53.1. The Hall–Kier alpha value is -2.97. The average Bonchev–Trinajstić information content (AvgIpc) is 3.26. The first-order valence-corrected chi connectivity index (χ1v) is 12.7. The van der Waals surface area contributed by atoms with E-state index in [1.807, 2.05) is 6.07 Å². The number of hydrogen-bond acceptors (Lipinski definition) is 6. The summed E-state index contributed by atoms with van der Waals surface area (Å²) in [7, 11) is -8.54. The quantitative estimate of drug-likeness (QED) is 0.508. The molecule has 0 aliphatic carbocycles. The van der Waals surface area contributed by atoms with Gasteiger partial charge in [-0.1, -0.05) is 48.2 Å². The van der Waals surface area contributed by atoms with Crippen LogP contribution in [-0.4, -0.2) is 34.0 Å². The second kappa shape index (κ2) is 9.45. The van der Waals surface area contributed by atoms with Crippen molar-refractivity contribution in [3.63, 3.8) is 0 Å². The lowest BCUT2D eigenvalue weighted by Crippen LogP contribution is -2.40. The molecule has 2 N–H and O–H groups in total. The van der Waals surface area contributed by atoms with Gasteiger partial charge < -0.3 is 5.11 Å². The molecule has 0 amide bonds. The van der Waals surface area contributed by atoms with Gasteiger partial charge in [-0.15, -0.1) is 11.3 Å². The Morgan fingerprint density at radius 1 is 0.968 bits per heavy atom. The van der Waals surface area contributed by atoms with Crippen molar-refractivity contribution in [3.8, 4) is 11.8 Å². The average molecular weight is 476 g/mol. The Labute approximate surface area is 184 Å². The van der Waals surface area contributed by atoms with Gasteiger partial charge in [0.05, 0.1) is 4.90 Å². The second-order valence-electron chi connectivity index (χ2n) is 6.27. The summed E-state index contributed by atoms with van der Waals surface area (Å²) in [4.78, 5) is 11.1. The number of benzene rings is 2. The lowest BCUT2D eigenvalue weighted by atomic mass is 10.2. The van der Waals surface area contributed by atoms with Crippen molar-refractivity contribution in [1.82, 2.24) is 4.72 Å². The molecular weight excluding hydrogens is 458 g/mol. The molecule has 0 saturated heterocycles. The van der Waals surface area contributed by atoms with Crippen LogP contribution in [0.4, 0.5) is 0 Å². The molecule has 10 heteroatoms. The third kappa shape index (κ3) is 5.39. The van der Waals surface area contributed by atoms with Gasteiger partial charge in [-0.05, 0) is 35.7 Å². The highest BCUT2D eigenvalue weighted by molar-refractivity contribution is 7.95. The first-order valence-electron chi connectivity index (χ1n) is 8.88. The number of sulfone groups is 1. The Morgan fingerprint density at radius 2 is 1.58 bits per heavy atom. The van der Waals surface area contributed by atoms with Gasteiger partial charge in [0.25, 0.3) is 10.0 Å². The highest BCUT2D eigenvalue weighted by Crippen LogP contribution is 2.31. The Bertz CT molecular complexity index is 1340. The summed E-state index contributed by atoms with van der Waals surface area (Å²) >= 11 is 0.694. The monoisotopic (exact) mass is 475 g/mol. The topological polar surface area (TPSA) is 118 Å². The molecular formula is C21H17NO6S3. The first-order chi connectivity index (χ1) is 14.7. The van der Waals surface area contributed by atoms with Crippen LogP contribution in [0.3, 0.4) is 0 Å². The molecule has 0 saturated carbocycles. The summed E-state index contributed by atoms with van der Waals surface area (Å²) in [5.41, 5.74) is 0.656. The van der Waals surface area contributed by atoms with Gasteiger partial charge in [0.15, 0.2) is 4.21 Å². The highest BCUT2D eigenvalue weighted by atomic mass is 32.2. The molecule has 0 bridgehead atoms. The van der Waals surface area contributed by atoms with Gasteiger partial charge in [0.2, 0.25) is 9.84 Å². The summed E-state index contributed by atoms with van der Waals surface area (Å²) in [6.45, 7) is 0. The molecule has 1 aromatic heterocycles. The van der Waals surface area contributed by atoms with Crippen molar-refractivity contribution in [2.75, 3.05) is 0 Å². The predicted octanol–water partition coefficient (Wildman–Crippen LogP) is 2.75. The fourth-order valence-electron chi connectivity index (χ4n) is 2.60. The number of rotatable bonds is 7. The molecule has 31 heavy (non-hydrogen) atoms. The zero-order valence-electron chi connectivity index (χ0n) is 15.9. The zero-order chi connectivity index (χ0) is 22.5. The van der Waals surface area contributed by atoms with Crippen molar-refractivity contribution in [2.24, 2.45) is 0 Å². The largest absolute Gasteiger partial charge is 0.480 e. The van der Waals surface area contributed by atoms with Crippen molar-refractivity contribution >= 4 is 37.2 Å². The molecule has 0 aliphatic rings. The van der Waals surface area contributed by atoms with E-state index in [0.717, 1.165) is 0 Å². The summed E-state index contributed by atoms with van der Waals surface area (Å²) in [6, 6.07) is 15.9. The van der Waals surface area contributed by atoms with Gasteiger partial charge >= 0.3 is 5.97 Å². The summed E-state index contributed by atoms with van der Waals surface area (Å²) in [5, 5.41) is 10.8. The van der Waals surface area contributed by atoms with E-state index >= 15 is 0 Å². The molecule has 0 spiro atoms. The van der Waals surface area contributed by atoms with Crippen LogP contribution in [0, 0.1) is 11.8 Å². The molecule has 1 atom stereocenters. The van der Waals surface area contributed by atoms with Crippen LogP contribution in [0.1, 0.15) is 12.0 Å². The Morgan fingerprint density at radius 3 is 2.19 bits per heavy atom. The van der Waals surface area contributed by atoms with Crippen LogP contribution in [0.5, 0.6) is 0 Å². The smallest absolute Gasteiger partial charge is 0.322 e. The van der Waals surface area contributed by atoms with E-state index in [9.17, 15) is 26.7 Å². The van der Waals surface area contributed by atoms with E-state index in [1.54, 1.807) is 30.3 Å². The number of carboxylic acids is 1. The van der Waals surface area contributed by atoms with Crippen molar-refractivity contribution in [1.29, 1.82) is 0 Å². The van der Waals surface area contributed by atoms with Crippen LogP contribution in [-0.2, 0) is 24.7 Å². The molecule has 7 nitrogen and oxygen atoms in total. The maximum absolute atomic E-state index is 12.9. The van der Waals surface area contributed by atoms with E-state index in [0.29, 0.717) is 16.9 Å². The van der Waals surface area contributed by atoms with E-state index in [4.69, 9.17) is 0 Å². The predicted molar refractivity (Wildman–Crippen MR) is 116 cm³/mol. The standard InChI is InChI=1S/C21H17NO6S3/c23-20(24)18(13-7-10-16-8-3-1-4-9-16)22-31(27,28)21-19(14-15-29-21)30(25,26)17-11-5-2-6-12-17/h1-6,8-9,11-12,14-15,18,22H,13H2,(H,23,24). The maximum atomic E-state index is 12.9. The first kappa shape index (κ1) is 22.7. The lowest BCUT2D eigenvalue weighted by molar-refractivity contribution is -0.138. The second-order valence-corrected chi connectivity index (χ2v) is 11.0. The van der Waals surface area contributed by atoms with Crippen molar-refractivity contribution < 1.29 is 26.7 Å². The molecule has 3 aromatic rings. The minimum Gasteiger partial charge on any atom is -0.480 e. The van der Waals surface area contributed by atoms with Gasteiger partial charge in [0.1, 0.15) is 10.9 Å². The molecule has 1 unspecified atom stereocenters. The number of carbonyl (C=O) groups is 1. The molecule has 0 aliphatic heterocycles. The Balaban J connectivity index is 1.87. The lowest BCUT2D eigenvalue weighted by Gasteiger charge is -2.13. The van der Waals surface area contributed by atoms with Gasteiger partial charge in [-0.2, -0.15) is 4.72 Å². The van der Waals surface area contributed by atoms with Gasteiger partial charge in [0, 0.05) is 12.0 Å². The molecule has 2 aromatic carbocycles. The number of carboxylic acid groups (broad SMARTS) is 1. The third-order valence-corrected chi connectivity index (χ3v) is 9.12. The normalized spacial score (nSPS) is 12.5. The van der Waals surface area contributed by atoms with Gasteiger partial charge in [-0.3, -0.25) is 4.79 Å². The Kier molecular flexibility index (Phi) is 6.92. The minimum absolute atomic E-state index is 0.0617. The molecule has 160 valence electrons. The maximum Gasteiger partial charge on any atom is 0.322 e. The minimum atomic E-state index is -4.44. The summed E-state index contributed by atoms with van der Waals surface area (Å²) in [5.74, 6) is 3.99. The van der Waals surface area contributed by atoms with Crippen molar-refractivity contribution in [3.05, 3.63) is 77.7 Å². The number of thiophene rings is 1. The number of aliphatic carboxylic acids is 1. The summed E-state index contributed by atoms with van der Waals surface area (Å²) in [6.07, 6.45) is -0.296. The molecule has 0 radical (unpaired) electrons. The van der Waals surface area contributed by atoms with Crippen molar-refractivity contribution in [2.45, 2.75) is 26.5 Å². The highest BCUT2D eigenvalue weighted by Gasteiger charge is 2.32. The number of hydrogen-bond donors (Lipinski definition) is 2. The van der Waals surface area contributed by atoms with Crippen LogP contribution in [0.15, 0.2) is 86.1 Å². The van der Waals surface area contributed by atoms with Crippen LogP contribution < -0.4 is 4.72 Å². The number of nitrogens with one attached hydrogen (secondary N) is 1. The van der Waals surface area contributed by atoms with Crippen LogP contribution in [0.25, 0.3) is 0 Å². The van der Waals surface area contributed by atoms with E-state index in [2.05, 4.69) is 16.6 Å². The SMILES string of the molecule is O=C(O)C(CC#Cc1ccccc1)NS(=O)(=O)c1sccc1S(=O)(=O)c1ccccc1. The third-order valence-electron chi connectivity index (χ3n) is 4.09. The number of sulfonamides is 1. The van der Waals surface area contributed by atoms with E-state index in [1.165, 1.54) is 35.7 Å². The van der Waals surface area contributed by atoms with E-state index in [-0.39, 0.29) is 11.3 Å². The van der Waals surface area contributed by atoms with Crippen LogP contribution >= 0.6 is 11.3 Å². The zero-order valence-corrected chi connectivity index (χ0v) is 18.4. The fraction of sp³-hybridized carbons (Fsp3) is 0.0952. The molecule has 3 rings (SSSR count). The van der Waals surface area contributed by atoms with Gasteiger partial charge in [-0.25, -0.2) is 16.8 Å². The van der Waals surface area contributed by atoms with Crippen LogP contribution in [0.2, 0.25) is 0 Å². The molecule has 0 fully saturated rings. The molecule has 1 heterocycles. The van der Waals surface area contributed by atoms with E-state index < -0.39 is 41.0 Å².